The molecule has 4 nitrogen and oxygen atoms in total. The smallest absolute Gasteiger partial charge is 0.299 e. The molecule has 2 aliphatic rings. The van der Waals surface area contributed by atoms with Crippen LogP contribution in [0.15, 0.2) is 0 Å². The number of halogens is 3. The molecule has 0 radical (unpaired) electrons. The monoisotopic (exact) mass is 376 g/mol. The second-order valence-corrected chi connectivity index (χ2v) is 8.42. The van der Waals surface area contributed by atoms with Gasteiger partial charge < -0.3 is 0 Å². The van der Waals surface area contributed by atoms with Crippen molar-refractivity contribution in [2.24, 2.45) is 5.92 Å². The van der Waals surface area contributed by atoms with E-state index in [1.54, 1.807) is 0 Å². The zero-order chi connectivity index (χ0) is 17.5. The van der Waals surface area contributed by atoms with Gasteiger partial charge in [0.15, 0.2) is 0 Å². The Morgan fingerprint density at radius 1 is 1.04 bits per heavy atom. The third-order valence-corrected chi connectivity index (χ3v) is 5.79. The molecule has 136 valence electrons. The molecule has 0 spiro atoms. The SMILES string of the molecule is O=C1CCCCC1P.O=S(=O)(OCC1CCCCC1)C(F)(F)F. The number of Topliss-reactive ketones (excluding diaryl/α,β-unsaturated/α-hetero) is 1. The fourth-order valence-electron chi connectivity index (χ4n) is 2.62. The molecule has 0 saturated heterocycles. The third-order valence-electron chi connectivity index (χ3n) is 4.07. The first-order chi connectivity index (χ1) is 10.6. The van der Waals surface area contributed by atoms with Crippen molar-refractivity contribution < 1.29 is 30.6 Å². The lowest BCUT2D eigenvalue weighted by Gasteiger charge is -2.21. The molecule has 9 heteroatoms. The van der Waals surface area contributed by atoms with E-state index in [9.17, 15) is 26.4 Å². The number of hydrogen-bond donors (Lipinski definition) is 0. The number of carbonyl (C=O) groups excluding carboxylic acids is 1. The first-order valence-electron chi connectivity index (χ1n) is 7.87. The van der Waals surface area contributed by atoms with E-state index in [1.165, 1.54) is 6.42 Å². The average molecular weight is 376 g/mol. The van der Waals surface area contributed by atoms with Gasteiger partial charge in [-0.15, -0.1) is 9.24 Å². The number of ketones is 1. The fraction of sp³-hybridized carbons (Fsp3) is 0.929. The summed E-state index contributed by atoms with van der Waals surface area (Å²) in [4.78, 5) is 10.8. The predicted octanol–water partition coefficient (Wildman–Crippen LogP) is 3.81. The second kappa shape index (κ2) is 9.33. The Hall–Kier alpha value is -0.200. The molecule has 0 amide bonds. The highest BCUT2D eigenvalue weighted by Crippen LogP contribution is 2.28. The topological polar surface area (TPSA) is 60.4 Å². The van der Waals surface area contributed by atoms with Crippen LogP contribution in [-0.4, -0.2) is 32.0 Å². The van der Waals surface area contributed by atoms with Crippen LogP contribution in [-0.2, 0) is 19.1 Å². The highest BCUT2D eigenvalue weighted by atomic mass is 32.2. The Bertz CT molecular complexity index is 473. The van der Waals surface area contributed by atoms with Gasteiger partial charge in [-0.3, -0.25) is 8.98 Å². The Labute approximate surface area is 137 Å². The van der Waals surface area contributed by atoms with E-state index in [4.69, 9.17) is 0 Å². The van der Waals surface area contributed by atoms with Crippen LogP contribution in [0.1, 0.15) is 57.8 Å². The van der Waals surface area contributed by atoms with Gasteiger partial charge >= 0.3 is 15.6 Å². The summed E-state index contributed by atoms with van der Waals surface area (Å²) >= 11 is 0. The third kappa shape index (κ3) is 7.48. The Morgan fingerprint density at radius 3 is 2.04 bits per heavy atom. The quantitative estimate of drug-likeness (QED) is 0.427. The van der Waals surface area contributed by atoms with Gasteiger partial charge in [-0.1, -0.05) is 25.7 Å². The largest absolute Gasteiger partial charge is 0.523 e. The number of hydrogen-bond acceptors (Lipinski definition) is 4. The molecule has 2 atom stereocenters. The van der Waals surface area contributed by atoms with Crippen molar-refractivity contribution in [2.45, 2.75) is 69.0 Å². The summed E-state index contributed by atoms with van der Waals surface area (Å²) in [5.74, 6) is 0.372. The average Bonchev–Trinajstić information content (AvgIpc) is 2.49. The summed E-state index contributed by atoms with van der Waals surface area (Å²) in [6.07, 6.45) is 8.66. The van der Waals surface area contributed by atoms with E-state index < -0.39 is 15.6 Å². The summed E-state index contributed by atoms with van der Waals surface area (Å²) in [5.41, 5.74) is -5.02. The predicted molar refractivity (Wildman–Crippen MR) is 84.5 cm³/mol. The summed E-state index contributed by atoms with van der Waals surface area (Å²) in [6, 6.07) is 0. The molecular weight excluding hydrogens is 352 g/mol. The molecule has 2 aliphatic carbocycles. The van der Waals surface area contributed by atoms with E-state index in [2.05, 4.69) is 13.4 Å². The van der Waals surface area contributed by atoms with Crippen molar-refractivity contribution in [1.29, 1.82) is 0 Å². The zero-order valence-corrected chi connectivity index (χ0v) is 14.9. The fourth-order valence-corrected chi connectivity index (χ4v) is 3.52. The number of carbonyl (C=O) groups is 1. The maximum atomic E-state index is 11.9. The Kier molecular flexibility index (Phi) is 8.45. The molecule has 0 heterocycles. The molecule has 0 aliphatic heterocycles. The van der Waals surface area contributed by atoms with E-state index in [0.29, 0.717) is 5.78 Å². The minimum atomic E-state index is -5.40. The number of alkyl halides is 3. The molecule has 2 rings (SSSR count). The van der Waals surface area contributed by atoms with Gasteiger partial charge in [0.1, 0.15) is 5.78 Å². The van der Waals surface area contributed by atoms with Crippen LogP contribution in [0.4, 0.5) is 13.2 Å². The molecule has 23 heavy (non-hydrogen) atoms. The van der Waals surface area contributed by atoms with E-state index in [0.717, 1.165) is 51.4 Å². The Balaban J connectivity index is 0.000000277. The molecule has 0 bridgehead atoms. The lowest BCUT2D eigenvalue weighted by molar-refractivity contribution is -0.119. The van der Waals surface area contributed by atoms with Gasteiger partial charge in [-0.05, 0) is 31.6 Å². The van der Waals surface area contributed by atoms with Gasteiger partial charge in [0, 0.05) is 12.1 Å². The second-order valence-electron chi connectivity index (χ2n) is 6.01. The van der Waals surface area contributed by atoms with Crippen molar-refractivity contribution in [3.63, 3.8) is 0 Å². The van der Waals surface area contributed by atoms with E-state index in [1.807, 2.05) is 0 Å². The molecule has 0 aromatic rings. The Morgan fingerprint density at radius 2 is 1.61 bits per heavy atom. The zero-order valence-electron chi connectivity index (χ0n) is 13.0. The van der Waals surface area contributed by atoms with Crippen LogP contribution >= 0.6 is 9.24 Å². The highest BCUT2D eigenvalue weighted by molar-refractivity contribution is 7.87. The standard InChI is InChI=1S/C8H13F3O3S.C6H11OP/c9-8(10,11)15(12,13)14-6-7-4-2-1-3-5-7;7-5-3-1-2-4-6(5)8/h7H,1-6H2;6H,1-4,8H2. The first kappa shape index (κ1) is 20.8. The molecular formula is C14H24F3O4PS. The molecule has 2 fully saturated rings. The van der Waals surface area contributed by atoms with Gasteiger partial charge in [0.05, 0.1) is 6.61 Å². The van der Waals surface area contributed by atoms with Crippen LogP contribution in [0.5, 0.6) is 0 Å². The lowest BCUT2D eigenvalue weighted by atomic mass is 9.90. The summed E-state index contributed by atoms with van der Waals surface area (Å²) in [6.45, 7) is -0.345. The number of rotatable bonds is 3. The van der Waals surface area contributed by atoms with Gasteiger partial charge in [-0.2, -0.15) is 21.6 Å². The van der Waals surface area contributed by atoms with E-state index in [-0.39, 0.29) is 18.2 Å². The maximum Gasteiger partial charge on any atom is 0.523 e. The van der Waals surface area contributed by atoms with Crippen LogP contribution in [0, 0.1) is 5.92 Å². The molecule has 0 aromatic heterocycles. The van der Waals surface area contributed by atoms with Crippen molar-refractivity contribution in [2.75, 3.05) is 6.61 Å². The lowest BCUT2D eigenvalue weighted by Crippen LogP contribution is -2.28. The summed E-state index contributed by atoms with van der Waals surface area (Å²) in [5, 5.41) is 0. The van der Waals surface area contributed by atoms with Crippen molar-refractivity contribution in [1.82, 2.24) is 0 Å². The highest BCUT2D eigenvalue weighted by Gasteiger charge is 2.47. The van der Waals surface area contributed by atoms with Crippen LogP contribution < -0.4 is 0 Å². The first-order valence-corrected chi connectivity index (χ1v) is 9.95. The normalized spacial score (nSPS) is 24.0. The molecule has 0 aromatic carbocycles. The van der Waals surface area contributed by atoms with Gasteiger partial charge in [0.25, 0.3) is 0 Å². The van der Waals surface area contributed by atoms with Crippen LogP contribution in [0.2, 0.25) is 0 Å². The minimum Gasteiger partial charge on any atom is -0.299 e. The van der Waals surface area contributed by atoms with Crippen molar-refractivity contribution in [3.8, 4) is 0 Å². The van der Waals surface area contributed by atoms with Gasteiger partial charge in [-0.25, -0.2) is 0 Å². The summed E-state index contributed by atoms with van der Waals surface area (Å²) in [7, 11) is -2.80. The van der Waals surface area contributed by atoms with Crippen LogP contribution in [0.3, 0.4) is 0 Å². The summed E-state index contributed by atoms with van der Waals surface area (Å²) < 4.78 is 60.7. The van der Waals surface area contributed by atoms with Crippen LogP contribution in [0.25, 0.3) is 0 Å². The van der Waals surface area contributed by atoms with Gasteiger partial charge in [0.2, 0.25) is 0 Å². The minimum absolute atomic E-state index is 0.0594. The van der Waals surface area contributed by atoms with Crippen molar-refractivity contribution >= 4 is 25.1 Å². The maximum absolute atomic E-state index is 11.9. The van der Waals surface area contributed by atoms with E-state index >= 15 is 0 Å². The van der Waals surface area contributed by atoms with Crippen molar-refractivity contribution in [3.05, 3.63) is 0 Å². The molecule has 2 saturated carbocycles. The molecule has 0 N–H and O–H groups in total. The molecule has 2 unspecified atom stereocenters.